The molecule has 0 aliphatic rings. The Bertz CT molecular complexity index is 370. The molecule has 3 N–H and O–H groups in total. The molecule has 0 atom stereocenters. The number of hydrogen-bond donors (Lipinski definition) is 3. The van der Waals surface area contributed by atoms with Crippen molar-refractivity contribution in [3.8, 4) is 0 Å². The van der Waals surface area contributed by atoms with Crippen molar-refractivity contribution in [2.75, 3.05) is 23.4 Å². The Labute approximate surface area is 104 Å². The van der Waals surface area contributed by atoms with Crippen molar-refractivity contribution in [1.29, 1.82) is 0 Å². The third-order valence-electron chi connectivity index (χ3n) is 1.79. The highest BCUT2D eigenvalue weighted by atomic mass is 32.2. The largest absolute Gasteiger partial charge is 0.481 e. The molecular formula is C11H14N2O3S. The molecule has 0 heterocycles. The van der Waals surface area contributed by atoms with Gasteiger partial charge in [-0.1, -0.05) is 18.2 Å². The number of urea groups is 1. The number of para-hydroxylation sites is 1. The molecule has 6 heteroatoms. The lowest BCUT2D eigenvalue weighted by molar-refractivity contribution is -0.133. The molecule has 5 nitrogen and oxygen atoms in total. The van der Waals surface area contributed by atoms with Crippen LogP contribution < -0.4 is 10.6 Å². The zero-order valence-corrected chi connectivity index (χ0v) is 10.00. The minimum atomic E-state index is -0.844. The highest BCUT2D eigenvalue weighted by Gasteiger charge is 2.01. The average molecular weight is 254 g/mol. The molecule has 0 fully saturated rings. The van der Waals surface area contributed by atoms with Gasteiger partial charge in [-0.05, 0) is 12.1 Å². The maximum Gasteiger partial charge on any atom is 0.319 e. The summed E-state index contributed by atoms with van der Waals surface area (Å²) in [4.78, 5) is 21.6. The van der Waals surface area contributed by atoms with Crippen LogP contribution in [0.2, 0.25) is 0 Å². The first-order chi connectivity index (χ1) is 8.18. The molecule has 1 aromatic carbocycles. The van der Waals surface area contributed by atoms with E-state index in [1.165, 1.54) is 11.8 Å². The molecular weight excluding hydrogens is 240 g/mol. The van der Waals surface area contributed by atoms with Crippen molar-refractivity contribution >= 4 is 29.4 Å². The third kappa shape index (κ3) is 6.47. The first-order valence-corrected chi connectivity index (χ1v) is 6.23. The van der Waals surface area contributed by atoms with Crippen LogP contribution in [0.15, 0.2) is 30.3 Å². The summed E-state index contributed by atoms with van der Waals surface area (Å²) in [5.41, 5.74) is 0.725. The number of anilines is 1. The van der Waals surface area contributed by atoms with E-state index in [0.717, 1.165) is 5.69 Å². The second-order valence-corrected chi connectivity index (χ2v) is 4.30. The number of benzene rings is 1. The van der Waals surface area contributed by atoms with Gasteiger partial charge in [0.15, 0.2) is 0 Å². The van der Waals surface area contributed by atoms with Crippen molar-refractivity contribution in [3.63, 3.8) is 0 Å². The summed E-state index contributed by atoms with van der Waals surface area (Å²) in [6.45, 7) is 0.441. The quantitative estimate of drug-likeness (QED) is 0.674. The van der Waals surface area contributed by atoms with Crippen molar-refractivity contribution in [1.82, 2.24) is 5.32 Å². The first-order valence-electron chi connectivity index (χ1n) is 5.08. The summed E-state index contributed by atoms with van der Waals surface area (Å²) < 4.78 is 0. The van der Waals surface area contributed by atoms with Gasteiger partial charge in [-0.2, -0.15) is 0 Å². The molecule has 0 spiro atoms. The van der Waals surface area contributed by atoms with Gasteiger partial charge in [-0.3, -0.25) is 4.79 Å². The smallest absolute Gasteiger partial charge is 0.319 e. The number of aliphatic carboxylic acids is 1. The number of carbonyl (C=O) groups excluding carboxylic acids is 1. The molecule has 92 valence electrons. The maximum absolute atomic E-state index is 11.4. The molecule has 0 saturated heterocycles. The molecule has 17 heavy (non-hydrogen) atoms. The number of rotatable bonds is 6. The highest BCUT2D eigenvalue weighted by Crippen LogP contribution is 2.04. The van der Waals surface area contributed by atoms with Gasteiger partial charge in [0.2, 0.25) is 0 Å². The number of carboxylic acids is 1. The Morgan fingerprint density at radius 1 is 1.24 bits per heavy atom. The van der Waals surface area contributed by atoms with Crippen molar-refractivity contribution in [2.24, 2.45) is 0 Å². The van der Waals surface area contributed by atoms with Crippen LogP contribution in [-0.4, -0.2) is 35.2 Å². The number of thioether (sulfide) groups is 1. The molecule has 0 unspecified atom stereocenters. The Morgan fingerprint density at radius 2 is 1.94 bits per heavy atom. The molecule has 0 aromatic heterocycles. The monoisotopic (exact) mass is 254 g/mol. The summed E-state index contributed by atoms with van der Waals surface area (Å²) in [5.74, 6) is -0.208. The fourth-order valence-corrected chi connectivity index (χ4v) is 1.66. The lowest BCUT2D eigenvalue weighted by atomic mass is 10.3. The zero-order chi connectivity index (χ0) is 12.5. The van der Waals surface area contributed by atoms with Crippen molar-refractivity contribution in [3.05, 3.63) is 30.3 Å². The minimum Gasteiger partial charge on any atom is -0.481 e. The van der Waals surface area contributed by atoms with E-state index in [0.29, 0.717) is 12.3 Å². The van der Waals surface area contributed by atoms with Gasteiger partial charge in [0.05, 0.1) is 5.75 Å². The SMILES string of the molecule is O=C(O)CSCCNC(=O)Nc1ccccc1. The molecule has 1 rings (SSSR count). The molecule has 1 aromatic rings. The predicted octanol–water partition coefficient (Wildman–Crippen LogP) is 1.63. The van der Waals surface area contributed by atoms with Gasteiger partial charge in [0.25, 0.3) is 0 Å². The van der Waals surface area contributed by atoms with E-state index >= 15 is 0 Å². The number of carboxylic acid groups (broad SMARTS) is 1. The molecule has 2 amide bonds. The van der Waals surface area contributed by atoms with Crippen LogP contribution in [0.3, 0.4) is 0 Å². The van der Waals surface area contributed by atoms with Crippen LogP contribution in [-0.2, 0) is 4.79 Å². The van der Waals surface area contributed by atoms with Gasteiger partial charge in [-0.25, -0.2) is 4.79 Å². The van der Waals surface area contributed by atoms with Gasteiger partial charge in [0.1, 0.15) is 0 Å². The number of amides is 2. The topological polar surface area (TPSA) is 78.4 Å². The number of nitrogens with one attached hydrogen (secondary N) is 2. The van der Waals surface area contributed by atoms with Crippen LogP contribution in [0.1, 0.15) is 0 Å². The summed E-state index contributed by atoms with van der Waals surface area (Å²) in [6.07, 6.45) is 0. The van der Waals surface area contributed by atoms with Gasteiger partial charge in [-0.15, -0.1) is 11.8 Å². The summed E-state index contributed by atoms with van der Waals surface area (Å²) >= 11 is 1.27. The predicted molar refractivity (Wildman–Crippen MR) is 68.4 cm³/mol. The van der Waals surface area contributed by atoms with Gasteiger partial charge in [0, 0.05) is 18.0 Å². The lowest BCUT2D eigenvalue weighted by Crippen LogP contribution is -2.30. The number of carbonyl (C=O) groups is 2. The lowest BCUT2D eigenvalue weighted by Gasteiger charge is -2.06. The van der Waals surface area contributed by atoms with Crippen LogP contribution in [0.5, 0.6) is 0 Å². The molecule has 0 radical (unpaired) electrons. The number of hydrogen-bond acceptors (Lipinski definition) is 3. The van der Waals surface area contributed by atoms with E-state index in [9.17, 15) is 9.59 Å². The van der Waals surface area contributed by atoms with E-state index in [-0.39, 0.29) is 11.8 Å². The Kier molecular flexibility index (Phi) is 5.95. The van der Waals surface area contributed by atoms with Crippen LogP contribution in [0.25, 0.3) is 0 Å². The molecule has 0 aliphatic carbocycles. The summed E-state index contributed by atoms with van der Waals surface area (Å²) in [7, 11) is 0. The van der Waals surface area contributed by atoms with Gasteiger partial charge >= 0.3 is 12.0 Å². The Balaban J connectivity index is 2.12. The Morgan fingerprint density at radius 3 is 2.59 bits per heavy atom. The van der Waals surface area contributed by atoms with Crippen LogP contribution >= 0.6 is 11.8 Å². The standard InChI is InChI=1S/C11H14N2O3S/c14-10(15)8-17-7-6-12-11(16)13-9-4-2-1-3-5-9/h1-5H,6-8H2,(H,14,15)(H2,12,13,16). The molecule has 0 bridgehead atoms. The second kappa shape index (κ2) is 7.56. The van der Waals surface area contributed by atoms with E-state index in [4.69, 9.17) is 5.11 Å². The molecule has 0 saturated carbocycles. The van der Waals surface area contributed by atoms with Crippen LogP contribution in [0, 0.1) is 0 Å². The van der Waals surface area contributed by atoms with E-state index in [1.807, 2.05) is 18.2 Å². The summed E-state index contributed by atoms with van der Waals surface area (Å²) in [5, 5.41) is 13.7. The van der Waals surface area contributed by atoms with E-state index in [1.54, 1.807) is 12.1 Å². The maximum atomic E-state index is 11.4. The first kappa shape index (κ1) is 13.4. The third-order valence-corrected chi connectivity index (χ3v) is 2.73. The minimum absolute atomic E-state index is 0.0575. The zero-order valence-electron chi connectivity index (χ0n) is 9.18. The van der Waals surface area contributed by atoms with E-state index in [2.05, 4.69) is 10.6 Å². The van der Waals surface area contributed by atoms with Gasteiger partial charge < -0.3 is 15.7 Å². The normalized spacial score (nSPS) is 9.65. The second-order valence-electron chi connectivity index (χ2n) is 3.19. The summed E-state index contributed by atoms with van der Waals surface area (Å²) in [6, 6.07) is 8.83. The highest BCUT2D eigenvalue weighted by molar-refractivity contribution is 7.99. The average Bonchev–Trinajstić information content (AvgIpc) is 2.29. The van der Waals surface area contributed by atoms with Crippen LogP contribution in [0.4, 0.5) is 10.5 Å². The van der Waals surface area contributed by atoms with E-state index < -0.39 is 5.97 Å². The van der Waals surface area contributed by atoms with Crippen molar-refractivity contribution < 1.29 is 14.7 Å². The fourth-order valence-electron chi connectivity index (χ4n) is 1.09. The Hall–Kier alpha value is -1.69. The fraction of sp³-hybridized carbons (Fsp3) is 0.273. The molecule has 0 aliphatic heterocycles. The van der Waals surface area contributed by atoms with Crippen molar-refractivity contribution in [2.45, 2.75) is 0 Å².